The quantitative estimate of drug-likeness (QED) is 0.643. The van der Waals surface area contributed by atoms with Gasteiger partial charge in [-0.05, 0) is 37.3 Å². The van der Waals surface area contributed by atoms with Crippen molar-refractivity contribution in [1.29, 1.82) is 0 Å². The van der Waals surface area contributed by atoms with Crippen molar-refractivity contribution in [3.05, 3.63) is 11.6 Å². The van der Waals surface area contributed by atoms with Crippen LogP contribution in [-0.2, 0) is 9.47 Å². The standard InChI is InChI=1S/C17H24ClN5O4/c1-2-26-12(8-5-3-4-6-8)13-10(24)11(25)16(27-13)23-7-20-9-14(19)21-17(18)22-15(9)23/h7-8,10-13,16,24-25H,2-6H2,1H3,(H2,19,21,22)/t10-,11+,12?,13-,16+/m0/s1. The van der Waals surface area contributed by atoms with E-state index in [0.29, 0.717) is 23.7 Å². The number of rotatable bonds is 5. The molecule has 5 atom stereocenters. The van der Waals surface area contributed by atoms with Crippen LogP contribution in [-0.4, -0.2) is 60.8 Å². The van der Waals surface area contributed by atoms with Crippen molar-refractivity contribution in [3.8, 4) is 0 Å². The second-order valence-corrected chi connectivity index (χ2v) is 7.48. The van der Waals surface area contributed by atoms with Gasteiger partial charge in [0.2, 0.25) is 5.28 Å². The molecule has 1 saturated heterocycles. The molecule has 3 heterocycles. The monoisotopic (exact) mass is 397 g/mol. The Hall–Kier alpha value is -1.52. The Labute approximate surface area is 161 Å². The molecule has 10 heteroatoms. The molecule has 2 aliphatic rings. The Kier molecular flexibility index (Phi) is 5.21. The minimum atomic E-state index is -1.16. The number of nitrogens with two attached hydrogens (primary N) is 1. The second-order valence-electron chi connectivity index (χ2n) is 7.14. The molecule has 9 nitrogen and oxygen atoms in total. The normalized spacial score (nSPS) is 30.4. The molecule has 2 aromatic rings. The number of hydrogen-bond donors (Lipinski definition) is 3. The molecule has 1 aliphatic carbocycles. The third kappa shape index (κ3) is 3.27. The summed E-state index contributed by atoms with van der Waals surface area (Å²) < 4.78 is 13.6. The molecule has 1 unspecified atom stereocenters. The first-order valence-corrected chi connectivity index (χ1v) is 9.67. The van der Waals surface area contributed by atoms with Gasteiger partial charge in [-0.3, -0.25) is 4.57 Å². The number of nitrogen functional groups attached to an aromatic ring is 1. The van der Waals surface area contributed by atoms with E-state index in [2.05, 4.69) is 15.0 Å². The van der Waals surface area contributed by atoms with Crippen molar-refractivity contribution in [3.63, 3.8) is 0 Å². The highest BCUT2D eigenvalue weighted by molar-refractivity contribution is 6.28. The molecule has 27 heavy (non-hydrogen) atoms. The lowest BCUT2D eigenvalue weighted by Crippen LogP contribution is -2.43. The molecule has 4 rings (SSSR count). The fraction of sp³-hybridized carbons (Fsp3) is 0.706. The smallest absolute Gasteiger partial charge is 0.226 e. The van der Waals surface area contributed by atoms with Gasteiger partial charge in [0.25, 0.3) is 0 Å². The van der Waals surface area contributed by atoms with Crippen molar-refractivity contribution in [2.24, 2.45) is 5.92 Å². The molecule has 0 radical (unpaired) electrons. The Morgan fingerprint density at radius 3 is 2.78 bits per heavy atom. The van der Waals surface area contributed by atoms with Crippen molar-refractivity contribution in [1.82, 2.24) is 19.5 Å². The number of anilines is 1. The fourth-order valence-corrected chi connectivity index (χ4v) is 4.43. The number of halogens is 1. The third-order valence-corrected chi connectivity index (χ3v) is 5.69. The molecule has 0 amide bonds. The van der Waals surface area contributed by atoms with E-state index in [0.717, 1.165) is 25.7 Å². The summed E-state index contributed by atoms with van der Waals surface area (Å²) in [5, 5.41) is 21.3. The zero-order valence-electron chi connectivity index (χ0n) is 15.0. The van der Waals surface area contributed by atoms with Gasteiger partial charge >= 0.3 is 0 Å². The highest BCUT2D eigenvalue weighted by Gasteiger charge is 2.50. The number of nitrogens with zero attached hydrogens (tertiary/aromatic N) is 4. The molecule has 2 fully saturated rings. The van der Waals surface area contributed by atoms with Crippen molar-refractivity contribution in [2.45, 2.75) is 63.3 Å². The van der Waals surface area contributed by atoms with Crippen LogP contribution < -0.4 is 5.73 Å². The number of ether oxygens (including phenoxy) is 2. The van der Waals surface area contributed by atoms with Crippen LogP contribution in [0.2, 0.25) is 5.28 Å². The van der Waals surface area contributed by atoms with E-state index in [4.69, 9.17) is 26.8 Å². The van der Waals surface area contributed by atoms with Crippen LogP contribution in [0.4, 0.5) is 5.82 Å². The SMILES string of the molecule is CCOC(C1CCCC1)[C@H]1O[C@@H](n2cnc3c(N)nc(Cl)nc32)[C@H](O)[C@@H]1O. The largest absolute Gasteiger partial charge is 0.387 e. The zero-order valence-corrected chi connectivity index (χ0v) is 15.8. The first kappa shape index (κ1) is 18.8. The van der Waals surface area contributed by atoms with Gasteiger partial charge in [0, 0.05) is 6.61 Å². The predicted molar refractivity (Wildman–Crippen MR) is 98.0 cm³/mol. The van der Waals surface area contributed by atoms with E-state index in [1.807, 2.05) is 6.92 Å². The van der Waals surface area contributed by atoms with E-state index >= 15 is 0 Å². The van der Waals surface area contributed by atoms with Crippen LogP contribution in [0.5, 0.6) is 0 Å². The lowest BCUT2D eigenvalue weighted by atomic mass is 9.92. The summed E-state index contributed by atoms with van der Waals surface area (Å²) in [6.07, 6.45) is 1.78. The summed E-state index contributed by atoms with van der Waals surface area (Å²) in [6, 6.07) is 0. The van der Waals surface area contributed by atoms with Crippen LogP contribution in [0.25, 0.3) is 11.2 Å². The number of fused-ring (bicyclic) bond motifs is 1. The van der Waals surface area contributed by atoms with Gasteiger partial charge in [0.15, 0.2) is 17.7 Å². The minimum absolute atomic E-state index is 0.0236. The van der Waals surface area contributed by atoms with Crippen molar-refractivity contribution in [2.75, 3.05) is 12.3 Å². The predicted octanol–water partition coefficient (Wildman–Crippen LogP) is 1.28. The Morgan fingerprint density at radius 2 is 2.07 bits per heavy atom. The summed E-state index contributed by atoms with van der Waals surface area (Å²) in [4.78, 5) is 12.2. The van der Waals surface area contributed by atoms with Gasteiger partial charge in [0.1, 0.15) is 23.8 Å². The second kappa shape index (κ2) is 7.48. The van der Waals surface area contributed by atoms with Crippen LogP contribution in [0.15, 0.2) is 6.33 Å². The third-order valence-electron chi connectivity index (χ3n) is 5.52. The number of aliphatic hydroxyl groups excluding tert-OH is 2. The average molecular weight is 398 g/mol. The minimum Gasteiger partial charge on any atom is -0.387 e. The highest BCUT2D eigenvalue weighted by atomic mass is 35.5. The summed E-state index contributed by atoms with van der Waals surface area (Å²) in [6.45, 7) is 2.43. The number of hydrogen-bond acceptors (Lipinski definition) is 8. The first-order chi connectivity index (χ1) is 13.0. The lowest BCUT2D eigenvalue weighted by Gasteiger charge is -2.30. The molecule has 1 saturated carbocycles. The van der Waals surface area contributed by atoms with Gasteiger partial charge in [-0.25, -0.2) is 4.98 Å². The van der Waals surface area contributed by atoms with Crippen LogP contribution >= 0.6 is 11.6 Å². The first-order valence-electron chi connectivity index (χ1n) is 9.30. The molecule has 1 aliphatic heterocycles. The van der Waals surface area contributed by atoms with Crippen LogP contribution in [0.3, 0.4) is 0 Å². The van der Waals surface area contributed by atoms with E-state index in [1.165, 1.54) is 10.9 Å². The fourth-order valence-electron chi connectivity index (χ4n) is 4.26. The average Bonchev–Trinajstić information content (AvgIpc) is 3.35. The van der Waals surface area contributed by atoms with Gasteiger partial charge in [-0.2, -0.15) is 9.97 Å². The van der Waals surface area contributed by atoms with Crippen LogP contribution in [0.1, 0.15) is 38.8 Å². The number of aromatic nitrogens is 4. The number of aliphatic hydroxyl groups is 2. The van der Waals surface area contributed by atoms with Crippen molar-refractivity contribution >= 4 is 28.6 Å². The highest BCUT2D eigenvalue weighted by Crippen LogP contribution is 2.39. The lowest BCUT2D eigenvalue weighted by molar-refractivity contribution is -0.123. The summed E-state index contributed by atoms with van der Waals surface area (Å²) >= 11 is 5.92. The summed E-state index contributed by atoms with van der Waals surface area (Å²) in [7, 11) is 0. The zero-order chi connectivity index (χ0) is 19.1. The topological polar surface area (TPSA) is 129 Å². The van der Waals surface area contributed by atoms with Gasteiger partial charge in [-0.15, -0.1) is 0 Å². The molecule has 2 aromatic heterocycles. The van der Waals surface area contributed by atoms with Gasteiger partial charge < -0.3 is 25.4 Å². The molecule has 0 bridgehead atoms. The maximum absolute atomic E-state index is 10.7. The van der Waals surface area contributed by atoms with E-state index in [1.54, 1.807) is 0 Å². The summed E-state index contributed by atoms with van der Waals surface area (Å²) in [5.74, 6) is 0.453. The Bertz CT molecular complexity index is 812. The molecule has 148 valence electrons. The molecular formula is C17H24ClN5O4. The maximum atomic E-state index is 10.7. The number of imidazole rings is 1. The van der Waals surface area contributed by atoms with E-state index < -0.39 is 24.5 Å². The maximum Gasteiger partial charge on any atom is 0.226 e. The Balaban J connectivity index is 1.65. The Morgan fingerprint density at radius 1 is 1.33 bits per heavy atom. The van der Waals surface area contributed by atoms with Crippen molar-refractivity contribution < 1.29 is 19.7 Å². The van der Waals surface area contributed by atoms with E-state index in [9.17, 15) is 10.2 Å². The molecular weight excluding hydrogens is 374 g/mol. The molecule has 4 N–H and O–H groups in total. The summed E-state index contributed by atoms with van der Waals surface area (Å²) in [5.41, 5.74) is 6.56. The van der Waals surface area contributed by atoms with Gasteiger partial charge in [-0.1, -0.05) is 12.8 Å². The van der Waals surface area contributed by atoms with E-state index in [-0.39, 0.29) is 17.2 Å². The molecule has 0 spiro atoms. The molecule has 0 aromatic carbocycles. The van der Waals surface area contributed by atoms with Crippen LogP contribution in [0, 0.1) is 5.92 Å². The van der Waals surface area contributed by atoms with Gasteiger partial charge in [0.05, 0.1) is 12.4 Å².